The van der Waals surface area contributed by atoms with Crippen LogP contribution in [0.15, 0.2) is 0 Å². The lowest BCUT2D eigenvalue weighted by molar-refractivity contribution is -0.137. The average molecular weight is 246 g/mol. The molecule has 1 unspecified atom stereocenters. The summed E-state index contributed by atoms with van der Waals surface area (Å²) in [5, 5.41) is 0. The standard InChI is InChI=1S/C11H22N2O2S/c1-5-11(3,9(12)16)10(14)13(4)7-8-15-6-2/h5-8H2,1-4H3,(H2,12,16). The Hall–Kier alpha value is -0.680. The molecule has 94 valence electrons. The van der Waals surface area contributed by atoms with Crippen LogP contribution < -0.4 is 5.73 Å². The van der Waals surface area contributed by atoms with Gasteiger partial charge in [-0.15, -0.1) is 0 Å². The third-order valence-electron chi connectivity index (χ3n) is 2.84. The first-order valence-electron chi connectivity index (χ1n) is 5.53. The fraction of sp³-hybridized carbons (Fsp3) is 0.818. The van der Waals surface area contributed by atoms with Gasteiger partial charge in [0.1, 0.15) is 0 Å². The molecule has 5 heteroatoms. The molecule has 0 spiro atoms. The molecular weight excluding hydrogens is 224 g/mol. The summed E-state index contributed by atoms with van der Waals surface area (Å²) in [5.74, 6) is -0.0396. The van der Waals surface area contributed by atoms with Crippen molar-refractivity contribution in [3.8, 4) is 0 Å². The topological polar surface area (TPSA) is 55.6 Å². The molecule has 0 aliphatic carbocycles. The van der Waals surface area contributed by atoms with Crippen molar-refractivity contribution in [3.05, 3.63) is 0 Å². The maximum Gasteiger partial charge on any atom is 0.235 e. The minimum absolute atomic E-state index is 0.0396. The molecule has 0 saturated carbocycles. The van der Waals surface area contributed by atoms with Crippen molar-refractivity contribution in [2.24, 2.45) is 11.1 Å². The molecule has 0 aromatic heterocycles. The van der Waals surface area contributed by atoms with Gasteiger partial charge in [-0.25, -0.2) is 0 Å². The Bertz CT molecular complexity index is 258. The second kappa shape index (κ2) is 6.81. The zero-order chi connectivity index (χ0) is 12.8. The Morgan fingerprint density at radius 2 is 2.06 bits per heavy atom. The van der Waals surface area contributed by atoms with Crippen LogP contribution in [0.1, 0.15) is 27.2 Å². The second-order valence-electron chi connectivity index (χ2n) is 3.97. The summed E-state index contributed by atoms with van der Waals surface area (Å²) in [4.78, 5) is 14.0. The summed E-state index contributed by atoms with van der Waals surface area (Å²) in [6.07, 6.45) is 0.611. The predicted molar refractivity (Wildman–Crippen MR) is 69.3 cm³/mol. The van der Waals surface area contributed by atoms with Crippen molar-refractivity contribution in [1.82, 2.24) is 4.90 Å². The van der Waals surface area contributed by atoms with E-state index >= 15 is 0 Å². The normalized spacial score (nSPS) is 14.2. The maximum atomic E-state index is 12.1. The molecule has 0 rings (SSSR count). The number of likely N-dealkylation sites (N-methyl/N-ethyl adjacent to an activating group) is 1. The minimum atomic E-state index is -0.740. The monoisotopic (exact) mass is 246 g/mol. The zero-order valence-electron chi connectivity index (χ0n) is 10.6. The van der Waals surface area contributed by atoms with Crippen LogP contribution in [0.5, 0.6) is 0 Å². The van der Waals surface area contributed by atoms with E-state index in [9.17, 15) is 4.79 Å². The third-order valence-corrected chi connectivity index (χ3v) is 3.30. The Balaban J connectivity index is 4.45. The van der Waals surface area contributed by atoms with Gasteiger partial charge in [-0.05, 0) is 20.3 Å². The van der Waals surface area contributed by atoms with Gasteiger partial charge in [-0.1, -0.05) is 19.1 Å². The summed E-state index contributed by atoms with van der Waals surface area (Å²) < 4.78 is 5.20. The van der Waals surface area contributed by atoms with Crippen LogP contribution in [0.4, 0.5) is 0 Å². The molecule has 0 bridgehead atoms. The summed E-state index contributed by atoms with van der Waals surface area (Å²) in [6, 6.07) is 0. The van der Waals surface area contributed by atoms with Crippen LogP contribution in [0.3, 0.4) is 0 Å². The lowest BCUT2D eigenvalue weighted by atomic mass is 9.86. The van der Waals surface area contributed by atoms with Crippen molar-refractivity contribution >= 4 is 23.1 Å². The van der Waals surface area contributed by atoms with Crippen molar-refractivity contribution in [2.45, 2.75) is 27.2 Å². The summed E-state index contributed by atoms with van der Waals surface area (Å²) in [6.45, 7) is 7.37. The number of hydrogen-bond donors (Lipinski definition) is 1. The fourth-order valence-electron chi connectivity index (χ4n) is 1.30. The summed E-state index contributed by atoms with van der Waals surface area (Å²) >= 11 is 4.96. The Morgan fingerprint density at radius 1 is 1.50 bits per heavy atom. The van der Waals surface area contributed by atoms with Crippen LogP contribution in [0.2, 0.25) is 0 Å². The molecular formula is C11H22N2O2S. The number of nitrogens with zero attached hydrogens (tertiary/aromatic N) is 1. The molecule has 16 heavy (non-hydrogen) atoms. The van der Waals surface area contributed by atoms with Gasteiger partial charge >= 0.3 is 0 Å². The molecule has 0 aromatic rings. The number of hydrogen-bond acceptors (Lipinski definition) is 3. The van der Waals surface area contributed by atoms with Crippen LogP contribution in [-0.2, 0) is 9.53 Å². The van der Waals surface area contributed by atoms with E-state index in [1.54, 1.807) is 18.9 Å². The van der Waals surface area contributed by atoms with Crippen molar-refractivity contribution in [1.29, 1.82) is 0 Å². The fourth-order valence-corrected chi connectivity index (χ4v) is 1.53. The molecule has 2 N–H and O–H groups in total. The van der Waals surface area contributed by atoms with Crippen LogP contribution in [0.25, 0.3) is 0 Å². The van der Waals surface area contributed by atoms with Crippen LogP contribution in [-0.4, -0.2) is 42.6 Å². The number of nitrogens with two attached hydrogens (primary N) is 1. The Kier molecular flexibility index (Phi) is 6.52. The molecule has 0 saturated heterocycles. The molecule has 0 heterocycles. The first kappa shape index (κ1) is 15.3. The van der Waals surface area contributed by atoms with Gasteiger partial charge in [0, 0.05) is 20.2 Å². The van der Waals surface area contributed by atoms with Gasteiger partial charge in [0.15, 0.2) is 0 Å². The first-order valence-corrected chi connectivity index (χ1v) is 5.94. The highest BCUT2D eigenvalue weighted by Crippen LogP contribution is 2.24. The van der Waals surface area contributed by atoms with Crippen molar-refractivity contribution in [2.75, 3.05) is 26.8 Å². The van der Waals surface area contributed by atoms with Gasteiger partial charge in [-0.3, -0.25) is 4.79 Å². The van der Waals surface area contributed by atoms with E-state index in [0.29, 0.717) is 26.2 Å². The highest BCUT2D eigenvalue weighted by Gasteiger charge is 2.36. The van der Waals surface area contributed by atoms with E-state index in [-0.39, 0.29) is 10.9 Å². The van der Waals surface area contributed by atoms with Crippen molar-refractivity contribution < 1.29 is 9.53 Å². The molecule has 0 aliphatic rings. The highest BCUT2D eigenvalue weighted by atomic mass is 32.1. The van der Waals surface area contributed by atoms with Gasteiger partial charge in [0.2, 0.25) is 5.91 Å². The quantitative estimate of drug-likeness (QED) is 0.541. The number of ether oxygens (including phenoxy) is 1. The number of amides is 1. The van der Waals surface area contributed by atoms with Crippen LogP contribution >= 0.6 is 12.2 Å². The first-order chi connectivity index (χ1) is 7.40. The maximum absolute atomic E-state index is 12.1. The van der Waals surface area contributed by atoms with E-state index in [4.69, 9.17) is 22.7 Å². The van der Waals surface area contributed by atoms with Gasteiger partial charge < -0.3 is 15.4 Å². The Morgan fingerprint density at radius 3 is 2.44 bits per heavy atom. The van der Waals surface area contributed by atoms with Crippen molar-refractivity contribution in [3.63, 3.8) is 0 Å². The average Bonchev–Trinajstić information content (AvgIpc) is 2.26. The number of thiocarbonyl (C=S) groups is 1. The van der Waals surface area contributed by atoms with Gasteiger partial charge in [0.25, 0.3) is 0 Å². The Labute approximate surface area is 103 Å². The molecule has 1 amide bonds. The molecule has 4 nitrogen and oxygen atoms in total. The molecule has 0 aliphatic heterocycles. The smallest absolute Gasteiger partial charge is 0.235 e. The second-order valence-corrected chi connectivity index (χ2v) is 4.41. The van der Waals surface area contributed by atoms with Gasteiger partial charge in [-0.2, -0.15) is 0 Å². The minimum Gasteiger partial charge on any atom is -0.392 e. The number of carbonyl (C=O) groups excluding carboxylic acids is 1. The van der Waals surface area contributed by atoms with E-state index in [1.165, 1.54) is 0 Å². The van der Waals surface area contributed by atoms with E-state index in [1.807, 2.05) is 13.8 Å². The molecule has 0 fully saturated rings. The van der Waals surface area contributed by atoms with E-state index in [2.05, 4.69) is 0 Å². The summed E-state index contributed by atoms with van der Waals surface area (Å²) in [5.41, 5.74) is 4.89. The zero-order valence-corrected chi connectivity index (χ0v) is 11.4. The lowest BCUT2D eigenvalue weighted by Gasteiger charge is -2.30. The summed E-state index contributed by atoms with van der Waals surface area (Å²) in [7, 11) is 1.74. The largest absolute Gasteiger partial charge is 0.392 e. The lowest BCUT2D eigenvalue weighted by Crippen LogP contribution is -2.48. The van der Waals surface area contributed by atoms with Gasteiger partial charge in [0.05, 0.1) is 17.0 Å². The predicted octanol–water partition coefficient (Wildman–Crippen LogP) is 1.18. The highest BCUT2D eigenvalue weighted by molar-refractivity contribution is 7.80. The van der Waals surface area contributed by atoms with E-state index in [0.717, 1.165) is 0 Å². The molecule has 0 aromatic carbocycles. The molecule has 0 radical (unpaired) electrons. The number of carbonyl (C=O) groups is 1. The van der Waals surface area contributed by atoms with Crippen LogP contribution in [0, 0.1) is 5.41 Å². The molecule has 1 atom stereocenters. The SMILES string of the molecule is CCOCCN(C)C(=O)C(C)(CC)C(N)=S. The number of rotatable bonds is 7. The van der Waals surface area contributed by atoms with E-state index < -0.39 is 5.41 Å². The third kappa shape index (κ3) is 3.72.